The number of pyridine rings is 1. The van der Waals surface area contributed by atoms with Gasteiger partial charge in [-0.1, -0.05) is 25.1 Å². The van der Waals surface area contributed by atoms with Crippen LogP contribution in [0.15, 0.2) is 53.8 Å². The van der Waals surface area contributed by atoms with E-state index in [9.17, 15) is 0 Å². The fraction of sp³-hybridized carbons (Fsp3) is 0.188. The van der Waals surface area contributed by atoms with E-state index in [2.05, 4.69) is 32.5 Å². The third-order valence-corrected chi connectivity index (χ3v) is 3.10. The molecule has 0 aliphatic carbocycles. The van der Waals surface area contributed by atoms with Crippen LogP contribution in [0.1, 0.15) is 18.9 Å². The SMILES string of the molecule is CCCn1c(N=Cc2cccnc2)nc2ccccc21. The van der Waals surface area contributed by atoms with E-state index in [1.165, 1.54) is 0 Å². The molecule has 0 aliphatic heterocycles. The molecule has 0 saturated heterocycles. The Labute approximate surface area is 117 Å². The summed E-state index contributed by atoms with van der Waals surface area (Å²) in [5, 5.41) is 0. The highest BCUT2D eigenvalue weighted by molar-refractivity contribution is 5.83. The zero-order valence-electron chi connectivity index (χ0n) is 11.4. The molecular formula is C16H16N4. The predicted molar refractivity (Wildman–Crippen MR) is 81.5 cm³/mol. The summed E-state index contributed by atoms with van der Waals surface area (Å²) in [6.07, 6.45) is 6.40. The minimum absolute atomic E-state index is 0.747. The molecule has 0 N–H and O–H groups in total. The Morgan fingerprint density at radius 3 is 2.90 bits per heavy atom. The second-order valence-corrected chi connectivity index (χ2v) is 4.60. The number of benzene rings is 1. The molecule has 4 nitrogen and oxygen atoms in total. The fourth-order valence-corrected chi connectivity index (χ4v) is 2.19. The van der Waals surface area contributed by atoms with Gasteiger partial charge in [0.25, 0.3) is 0 Å². The van der Waals surface area contributed by atoms with Crippen LogP contribution in [0.3, 0.4) is 0 Å². The largest absolute Gasteiger partial charge is 0.308 e. The monoisotopic (exact) mass is 264 g/mol. The Kier molecular flexibility index (Phi) is 3.54. The van der Waals surface area contributed by atoms with Crippen LogP contribution in [0, 0.1) is 0 Å². The van der Waals surface area contributed by atoms with E-state index < -0.39 is 0 Å². The van der Waals surface area contributed by atoms with Gasteiger partial charge in [0.2, 0.25) is 5.95 Å². The van der Waals surface area contributed by atoms with Crippen LogP contribution in [0.25, 0.3) is 11.0 Å². The number of aliphatic imine (C=N–C) groups is 1. The lowest BCUT2D eigenvalue weighted by Crippen LogP contribution is -1.96. The van der Waals surface area contributed by atoms with Gasteiger partial charge in [-0.2, -0.15) is 0 Å². The van der Waals surface area contributed by atoms with E-state index in [1.807, 2.05) is 30.3 Å². The lowest BCUT2D eigenvalue weighted by atomic mass is 10.3. The maximum atomic E-state index is 4.59. The Morgan fingerprint density at radius 1 is 1.20 bits per heavy atom. The van der Waals surface area contributed by atoms with E-state index in [-0.39, 0.29) is 0 Å². The number of aryl methyl sites for hydroxylation is 1. The van der Waals surface area contributed by atoms with Crippen LogP contribution in [-0.4, -0.2) is 20.7 Å². The third-order valence-electron chi connectivity index (χ3n) is 3.10. The third kappa shape index (κ3) is 2.45. The van der Waals surface area contributed by atoms with E-state index in [4.69, 9.17) is 0 Å². The average molecular weight is 264 g/mol. The molecule has 3 aromatic rings. The predicted octanol–water partition coefficient (Wildman–Crippen LogP) is 3.59. The molecule has 0 saturated carbocycles. The van der Waals surface area contributed by atoms with Crippen molar-refractivity contribution >= 4 is 23.2 Å². The Hall–Kier alpha value is -2.49. The molecule has 0 spiro atoms. The van der Waals surface area contributed by atoms with E-state index in [1.54, 1.807) is 18.6 Å². The first-order chi connectivity index (χ1) is 9.88. The molecular weight excluding hydrogens is 248 g/mol. The van der Waals surface area contributed by atoms with Crippen LogP contribution >= 0.6 is 0 Å². The van der Waals surface area contributed by atoms with Crippen molar-refractivity contribution in [1.29, 1.82) is 0 Å². The topological polar surface area (TPSA) is 43.1 Å². The van der Waals surface area contributed by atoms with Crippen molar-refractivity contribution in [3.05, 3.63) is 54.4 Å². The van der Waals surface area contributed by atoms with E-state index in [0.29, 0.717) is 0 Å². The molecule has 0 fully saturated rings. The molecule has 100 valence electrons. The van der Waals surface area contributed by atoms with Gasteiger partial charge < -0.3 is 4.57 Å². The number of nitrogens with zero attached hydrogens (tertiary/aromatic N) is 4. The number of fused-ring (bicyclic) bond motifs is 1. The summed E-state index contributed by atoms with van der Waals surface area (Å²) < 4.78 is 2.15. The summed E-state index contributed by atoms with van der Waals surface area (Å²) >= 11 is 0. The van der Waals surface area contributed by atoms with Gasteiger partial charge in [0.15, 0.2) is 0 Å². The van der Waals surface area contributed by atoms with Crippen LogP contribution in [0.2, 0.25) is 0 Å². The van der Waals surface area contributed by atoms with Gasteiger partial charge in [-0.3, -0.25) is 4.98 Å². The summed E-state index contributed by atoms with van der Waals surface area (Å²) in [5.74, 6) is 0.747. The maximum absolute atomic E-state index is 4.59. The van der Waals surface area contributed by atoms with Crippen molar-refractivity contribution in [2.24, 2.45) is 4.99 Å². The van der Waals surface area contributed by atoms with Crippen LogP contribution in [-0.2, 0) is 6.54 Å². The molecule has 1 aromatic carbocycles. The standard InChI is InChI=1S/C16H16N4/c1-2-10-20-15-8-4-3-7-14(15)19-16(20)18-12-13-6-5-9-17-11-13/h3-9,11-12H,2,10H2,1H3. The Bertz CT molecular complexity index is 729. The summed E-state index contributed by atoms with van der Waals surface area (Å²) in [6, 6.07) is 12.0. The minimum atomic E-state index is 0.747. The van der Waals surface area contributed by atoms with Gasteiger partial charge in [-0.15, -0.1) is 0 Å². The molecule has 0 amide bonds. The van der Waals surface area contributed by atoms with Crippen molar-refractivity contribution in [3.8, 4) is 0 Å². The number of para-hydroxylation sites is 2. The second-order valence-electron chi connectivity index (χ2n) is 4.60. The number of hydrogen-bond acceptors (Lipinski definition) is 3. The molecule has 0 bridgehead atoms. The molecule has 0 radical (unpaired) electrons. The molecule has 0 aliphatic rings. The summed E-state index contributed by atoms with van der Waals surface area (Å²) in [7, 11) is 0. The first-order valence-corrected chi connectivity index (χ1v) is 6.78. The van der Waals surface area contributed by atoms with Crippen molar-refractivity contribution < 1.29 is 0 Å². The van der Waals surface area contributed by atoms with Crippen LogP contribution in [0.4, 0.5) is 5.95 Å². The Morgan fingerprint density at radius 2 is 2.10 bits per heavy atom. The molecule has 0 atom stereocenters. The van der Waals surface area contributed by atoms with E-state index in [0.717, 1.165) is 35.5 Å². The van der Waals surface area contributed by atoms with Crippen LogP contribution < -0.4 is 0 Å². The molecule has 4 heteroatoms. The molecule has 2 aromatic heterocycles. The zero-order chi connectivity index (χ0) is 13.8. The van der Waals surface area contributed by atoms with Crippen molar-refractivity contribution in [3.63, 3.8) is 0 Å². The van der Waals surface area contributed by atoms with Crippen LogP contribution in [0.5, 0.6) is 0 Å². The van der Waals surface area contributed by atoms with Gasteiger partial charge in [0, 0.05) is 30.7 Å². The average Bonchev–Trinajstić information content (AvgIpc) is 2.85. The Balaban J connectivity index is 2.02. The normalized spacial score (nSPS) is 11.4. The van der Waals surface area contributed by atoms with Gasteiger partial charge in [-0.25, -0.2) is 9.98 Å². The summed E-state index contributed by atoms with van der Waals surface area (Å²) in [5.41, 5.74) is 3.09. The molecule has 0 unspecified atom stereocenters. The first kappa shape index (κ1) is 12.5. The van der Waals surface area contributed by atoms with Crippen molar-refractivity contribution in [2.45, 2.75) is 19.9 Å². The highest BCUT2D eigenvalue weighted by atomic mass is 15.2. The van der Waals surface area contributed by atoms with Gasteiger partial charge >= 0.3 is 0 Å². The first-order valence-electron chi connectivity index (χ1n) is 6.78. The highest BCUT2D eigenvalue weighted by Crippen LogP contribution is 2.21. The smallest absolute Gasteiger partial charge is 0.230 e. The number of imidazole rings is 1. The minimum Gasteiger partial charge on any atom is -0.308 e. The summed E-state index contributed by atoms with van der Waals surface area (Å²) in [4.78, 5) is 13.2. The highest BCUT2D eigenvalue weighted by Gasteiger charge is 2.07. The van der Waals surface area contributed by atoms with Gasteiger partial charge in [0.1, 0.15) is 0 Å². The maximum Gasteiger partial charge on any atom is 0.230 e. The van der Waals surface area contributed by atoms with Crippen molar-refractivity contribution in [1.82, 2.24) is 14.5 Å². The quantitative estimate of drug-likeness (QED) is 0.676. The van der Waals surface area contributed by atoms with Gasteiger partial charge in [0.05, 0.1) is 11.0 Å². The molecule has 2 heterocycles. The molecule has 3 rings (SSSR count). The number of hydrogen-bond donors (Lipinski definition) is 0. The summed E-state index contributed by atoms with van der Waals surface area (Å²) in [6.45, 7) is 3.07. The molecule has 20 heavy (non-hydrogen) atoms. The van der Waals surface area contributed by atoms with Gasteiger partial charge in [-0.05, 0) is 24.6 Å². The second kappa shape index (κ2) is 5.65. The lowest BCUT2D eigenvalue weighted by molar-refractivity contribution is 0.701. The van der Waals surface area contributed by atoms with Crippen molar-refractivity contribution in [2.75, 3.05) is 0 Å². The van der Waals surface area contributed by atoms with E-state index >= 15 is 0 Å². The number of rotatable bonds is 4. The zero-order valence-corrected chi connectivity index (χ0v) is 11.4. The fourth-order valence-electron chi connectivity index (χ4n) is 2.19. The number of aromatic nitrogens is 3. The lowest BCUT2D eigenvalue weighted by Gasteiger charge is -2.03.